The topological polar surface area (TPSA) is 61.4 Å². The molecule has 3 heterocycles. The molecule has 0 fully saturated rings. The highest BCUT2D eigenvalue weighted by Gasteiger charge is 2.25. The number of thiophene rings is 1. The molecular formula is C21H19ClFN5OS. The quantitative estimate of drug-likeness (QED) is 0.626. The summed E-state index contributed by atoms with van der Waals surface area (Å²) >= 11 is 7.45. The number of carbonyl (C=O) groups excluding carboxylic acids is 1. The van der Waals surface area contributed by atoms with Crippen LogP contribution < -0.4 is 5.32 Å². The van der Waals surface area contributed by atoms with Gasteiger partial charge in [-0.05, 0) is 50.2 Å². The molecule has 0 saturated carbocycles. The number of halogens is 2. The van der Waals surface area contributed by atoms with Gasteiger partial charge < -0.3 is 10.2 Å². The van der Waals surface area contributed by atoms with Gasteiger partial charge in [0.1, 0.15) is 22.8 Å². The molecule has 0 saturated heterocycles. The van der Waals surface area contributed by atoms with Gasteiger partial charge in [-0.25, -0.2) is 14.4 Å². The zero-order chi connectivity index (χ0) is 21.3. The molecule has 1 aliphatic rings. The maximum Gasteiger partial charge on any atom is 0.298 e. The average Bonchev–Trinajstić information content (AvgIpc) is 3.09. The van der Waals surface area contributed by atoms with Crippen molar-refractivity contribution in [2.75, 3.05) is 32.5 Å². The van der Waals surface area contributed by atoms with Gasteiger partial charge >= 0.3 is 0 Å². The number of benzene rings is 1. The van der Waals surface area contributed by atoms with Crippen LogP contribution in [0.2, 0.25) is 5.02 Å². The molecule has 3 aromatic rings. The summed E-state index contributed by atoms with van der Waals surface area (Å²) in [5, 5.41) is 4.20. The molecule has 1 aliphatic heterocycles. The summed E-state index contributed by atoms with van der Waals surface area (Å²) in [6.07, 6.45) is 2.19. The third kappa shape index (κ3) is 4.24. The molecular weight excluding hydrogens is 425 g/mol. The fourth-order valence-electron chi connectivity index (χ4n) is 3.26. The largest absolute Gasteiger partial charge is 0.340 e. The Labute approximate surface area is 182 Å². The van der Waals surface area contributed by atoms with Gasteiger partial charge in [-0.2, -0.15) is 0 Å². The van der Waals surface area contributed by atoms with Crippen LogP contribution in [0.25, 0.3) is 10.2 Å². The van der Waals surface area contributed by atoms with E-state index in [0.29, 0.717) is 37.6 Å². The highest BCUT2D eigenvalue weighted by atomic mass is 35.5. The molecule has 2 aromatic heterocycles. The van der Waals surface area contributed by atoms with Crippen LogP contribution >= 0.6 is 22.9 Å². The first-order chi connectivity index (χ1) is 14.4. The molecule has 154 valence electrons. The van der Waals surface area contributed by atoms with Gasteiger partial charge in [0.2, 0.25) is 0 Å². The first kappa shape index (κ1) is 20.5. The van der Waals surface area contributed by atoms with E-state index in [1.54, 1.807) is 22.3 Å². The summed E-state index contributed by atoms with van der Waals surface area (Å²) in [5.41, 5.74) is 1.78. The zero-order valence-corrected chi connectivity index (χ0v) is 18.1. The summed E-state index contributed by atoms with van der Waals surface area (Å²) in [5.74, 6) is 5.63. The van der Waals surface area contributed by atoms with Crippen molar-refractivity contribution in [3.8, 4) is 11.8 Å². The summed E-state index contributed by atoms with van der Waals surface area (Å²) in [6.45, 7) is 1.64. The molecule has 1 amide bonds. The second-order valence-electron chi connectivity index (χ2n) is 7.18. The van der Waals surface area contributed by atoms with Crippen molar-refractivity contribution in [3.63, 3.8) is 0 Å². The summed E-state index contributed by atoms with van der Waals surface area (Å²) in [6, 6.07) is 4.45. The van der Waals surface area contributed by atoms with Crippen LogP contribution in [0.1, 0.15) is 10.4 Å². The number of fused-ring (bicyclic) bond motifs is 3. The zero-order valence-electron chi connectivity index (χ0n) is 16.5. The van der Waals surface area contributed by atoms with E-state index in [0.717, 1.165) is 20.7 Å². The van der Waals surface area contributed by atoms with Crippen LogP contribution in [0.15, 0.2) is 24.5 Å². The predicted molar refractivity (Wildman–Crippen MR) is 118 cm³/mol. The number of amides is 1. The van der Waals surface area contributed by atoms with Crippen molar-refractivity contribution < 1.29 is 9.18 Å². The van der Waals surface area contributed by atoms with Gasteiger partial charge in [-0.3, -0.25) is 9.69 Å². The number of nitrogens with zero attached hydrogens (tertiary/aromatic N) is 4. The van der Waals surface area contributed by atoms with E-state index in [1.165, 1.54) is 18.5 Å². The lowest BCUT2D eigenvalue weighted by Crippen LogP contribution is -2.34. The molecule has 0 aliphatic carbocycles. The fraction of sp³-hybridized carbons (Fsp3) is 0.286. The maximum absolute atomic E-state index is 13.5. The van der Waals surface area contributed by atoms with E-state index < -0.39 is 5.82 Å². The number of hydrogen-bond acceptors (Lipinski definition) is 6. The highest BCUT2D eigenvalue weighted by molar-refractivity contribution is 7.19. The van der Waals surface area contributed by atoms with Crippen molar-refractivity contribution in [2.24, 2.45) is 0 Å². The van der Waals surface area contributed by atoms with Crippen molar-refractivity contribution in [1.29, 1.82) is 0 Å². The molecule has 0 atom stereocenters. The maximum atomic E-state index is 13.5. The predicted octanol–water partition coefficient (Wildman–Crippen LogP) is 3.68. The molecule has 6 nitrogen and oxygen atoms in total. The lowest BCUT2D eigenvalue weighted by atomic mass is 10.0. The molecule has 0 radical (unpaired) electrons. The van der Waals surface area contributed by atoms with E-state index >= 15 is 0 Å². The molecule has 0 bridgehead atoms. The minimum absolute atomic E-state index is 0.0437. The molecule has 0 unspecified atom stereocenters. The number of hydrogen-bond donors (Lipinski definition) is 1. The van der Waals surface area contributed by atoms with Gasteiger partial charge in [0.25, 0.3) is 5.91 Å². The van der Waals surface area contributed by atoms with Crippen molar-refractivity contribution in [1.82, 2.24) is 19.8 Å². The minimum atomic E-state index is -0.471. The first-order valence-corrected chi connectivity index (χ1v) is 10.5. The molecule has 9 heteroatoms. The van der Waals surface area contributed by atoms with Gasteiger partial charge in [-0.15, -0.1) is 11.3 Å². The van der Waals surface area contributed by atoms with Gasteiger partial charge in [-0.1, -0.05) is 17.5 Å². The Morgan fingerprint density at radius 3 is 3.00 bits per heavy atom. The third-order valence-electron chi connectivity index (χ3n) is 4.70. The van der Waals surface area contributed by atoms with E-state index in [1.807, 2.05) is 19.0 Å². The minimum Gasteiger partial charge on any atom is -0.340 e. The fourth-order valence-corrected chi connectivity index (χ4v) is 4.64. The number of anilines is 2. The Morgan fingerprint density at radius 1 is 1.40 bits per heavy atom. The molecule has 4 rings (SSSR count). The second kappa shape index (κ2) is 8.56. The smallest absolute Gasteiger partial charge is 0.298 e. The van der Waals surface area contributed by atoms with Gasteiger partial charge in [0.05, 0.1) is 23.5 Å². The van der Waals surface area contributed by atoms with Crippen molar-refractivity contribution in [2.45, 2.75) is 13.0 Å². The molecule has 30 heavy (non-hydrogen) atoms. The standard InChI is InChI=1S/C21H19ClFN5OS/c1-27(2)8-3-4-18(29)28-9-7-14-17(11-28)30-21-19(14)20(24-12-25-21)26-13-5-6-16(23)15(22)10-13/h5-6,10,12H,7-9,11H2,1-2H3,(H,24,25,26). The normalized spacial score (nSPS) is 13.2. The van der Waals surface area contributed by atoms with Crippen LogP contribution in [0.5, 0.6) is 0 Å². The second-order valence-corrected chi connectivity index (χ2v) is 8.67. The van der Waals surface area contributed by atoms with Crippen LogP contribution in [-0.2, 0) is 17.8 Å². The average molecular weight is 444 g/mol. The van der Waals surface area contributed by atoms with Crippen LogP contribution in [0.4, 0.5) is 15.9 Å². The Hall–Kier alpha value is -2.73. The first-order valence-electron chi connectivity index (χ1n) is 9.32. The van der Waals surface area contributed by atoms with E-state index in [-0.39, 0.29) is 10.9 Å². The van der Waals surface area contributed by atoms with E-state index in [9.17, 15) is 9.18 Å². The van der Waals surface area contributed by atoms with Crippen molar-refractivity contribution >= 4 is 50.6 Å². The lowest BCUT2D eigenvalue weighted by Gasteiger charge is -2.25. The number of aromatic nitrogens is 2. The molecule has 0 spiro atoms. The van der Waals surface area contributed by atoms with Crippen molar-refractivity contribution in [3.05, 3.63) is 45.8 Å². The number of nitrogens with one attached hydrogen (secondary N) is 1. The third-order valence-corrected chi connectivity index (χ3v) is 6.11. The molecule has 1 aromatic carbocycles. The number of carbonyl (C=O) groups is 1. The van der Waals surface area contributed by atoms with E-state index in [4.69, 9.17) is 11.6 Å². The Balaban J connectivity index is 1.60. The van der Waals surface area contributed by atoms with Crippen LogP contribution in [0, 0.1) is 17.7 Å². The lowest BCUT2D eigenvalue weighted by molar-refractivity contribution is -0.125. The monoisotopic (exact) mass is 443 g/mol. The van der Waals surface area contributed by atoms with Crippen LogP contribution in [0.3, 0.4) is 0 Å². The summed E-state index contributed by atoms with van der Waals surface area (Å²) < 4.78 is 13.5. The highest BCUT2D eigenvalue weighted by Crippen LogP contribution is 2.38. The molecule has 1 N–H and O–H groups in total. The Kier molecular flexibility index (Phi) is 5.86. The number of rotatable bonds is 3. The Bertz CT molecular complexity index is 1180. The van der Waals surface area contributed by atoms with Gasteiger partial charge in [0, 0.05) is 17.1 Å². The van der Waals surface area contributed by atoms with Gasteiger partial charge in [0.15, 0.2) is 0 Å². The Morgan fingerprint density at radius 2 is 2.23 bits per heavy atom. The summed E-state index contributed by atoms with van der Waals surface area (Å²) in [7, 11) is 3.83. The summed E-state index contributed by atoms with van der Waals surface area (Å²) in [4.78, 5) is 26.8. The van der Waals surface area contributed by atoms with E-state index in [2.05, 4.69) is 27.1 Å². The van der Waals surface area contributed by atoms with Crippen LogP contribution in [-0.4, -0.2) is 52.9 Å². The SMILES string of the molecule is CN(C)CC#CC(=O)N1CCc2c(sc3ncnc(Nc4ccc(F)c(Cl)c4)c23)C1.